The summed E-state index contributed by atoms with van der Waals surface area (Å²) in [6, 6.07) is 0. The number of hydrogen-bond donors (Lipinski definition) is 4. The van der Waals surface area contributed by atoms with Crippen LogP contribution in [0.2, 0.25) is 0 Å². The molecule has 4 N–H and O–H groups in total. The molecule has 0 saturated carbocycles. The number of carbonyl (C=O) groups excluding carboxylic acids is 1. The molecule has 0 aromatic carbocycles. The van der Waals surface area contributed by atoms with Gasteiger partial charge in [0.1, 0.15) is 30.5 Å². The maximum Gasteiger partial charge on any atom is 0.397 e. The summed E-state index contributed by atoms with van der Waals surface area (Å²) in [5.41, 5.74) is 0. The lowest BCUT2D eigenvalue weighted by atomic mass is 9.99. The average Bonchev–Trinajstić information content (AvgIpc) is 3.19. The second-order valence-electron chi connectivity index (χ2n) is 15.6. The van der Waals surface area contributed by atoms with Crippen molar-refractivity contribution in [1.82, 2.24) is 0 Å². The van der Waals surface area contributed by atoms with Crippen LogP contribution in [-0.2, 0) is 38.3 Å². The van der Waals surface area contributed by atoms with E-state index in [0.717, 1.165) is 77.0 Å². The van der Waals surface area contributed by atoms with Gasteiger partial charge in [-0.25, -0.2) is 4.18 Å². The molecule has 1 rings (SSSR count). The predicted molar refractivity (Wildman–Crippen MR) is 230 cm³/mol. The van der Waals surface area contributed by atoms with E-state index < -0.39 is 59.8 Å². The third-order valence-corrected chi connectivity index (χ3v) is 10.7. The molecule has 12 nitrogen and oxygen atoms in total. The SMILES string of the molecule is CCCCC/C=C\C/C=C\CCCCCCCCOCC(COC1OC(CO)C(O)C(OS(=O)(=O)O)C1O)OC(=O)CCCCCCC/C=C\CCCCCCCC. The first-order chi connectivity index (χ1) is 28.1. The van der Waals surface area contributed by atoms with Gasteiger partial charge in [-0.15, -0.1) is 0 Å². The molecule has 0 spiro atoms. The van der Waals surface area contributed by atoms with Crippen molar-refractivity contribution in [2.24, 2.45) is 0 Å². The third-order valence-electron chi connectivity index (χ3n) is 10.2. The lowest BCUT2D eigenvalue weighted by Crippen LogP contribution is -2.60. The number of hydrogen-bond acceptors (Lipinski definition) is 11. The van der Waals surface area contributed by atoms with Crippen molar-refractivity contribution in [2.75, 3.05) is 26.4 Å². The molecule has 1 fully saturated rings. The molecule has 13 heteroatoms. The largest absolute Gasteiger partial charge is 0.457 e. The Balaban J connectivity index is 2.45. The highest BCUT2D eigenvalue weighted by molar-refractivity contribution is 7.80. The van der Waals surface area contributed by atoms with Crippen LogP contribution in [0.25, 0.3) is 0 Å². The van der Waals surface area contributed by atoms with Crippen molar-refractivity contribution in [3.63, 3.8) is 0 Å². The molecule has 6 unspecified atom stereocenters. The standard InChI is InChI=1S/C45H82O12S/c1-3-5-7-9-11-13-15-17-19-21-23-25-27-29-31-33-35-53-37-39(38-54-45-43(49)44(57-58(50,51)52)42(48)40(36-46)56-45)55-41(47)34-32-30-28-26-24-22-20-18-16-14-12-10-8-6-4-2/h11,13,17-20,39-40,42-46,48-49H,3-10,12,14-16,21-38H2,1-2H3,(H,50,51,52)/b13-11-,19-17-,20-18-. The summed E-state index contributed by atoms with van der Waals surface area (Å²) in [5, 5.41) is 30.6. The summed E-state index contributed by atoms with van der Waals surface area (Å²) in [6.45, 7) is 3.92. The van der Waals surface area contributed by atoms with Gasteiger partial charge in [-0.2, -0.15) is 8.42 Å². The zero-order chi connectivity index (χ0) is 42.5. The zero-order valence-corrected chi connectivity index (χ0v) is 36.9. The molecule has 1 aliphatic heterocycles. The van der Waals surface area contributed by atoms with E-state index in [2.05, 4.69) is 54.5 Å². The van der Waals surface area contributed by atoms with Crippen LogP contribution < -0.4 is 0 Å². The van der Waals surface area contributed by atoms with Crippen molar-refractivity contribution in [3.05, 3.63) is 36.5 Å². The van der Waals surface area contributed by atoms with Gasteiger partial charge in [0.15, 0.2) is 6.29 Å². The van der Waals surface area contributed by atoms with E-state index in [1.54, 1.807) is 0 Å². The topological polar surface area (TPSA) is 178 Å². The van der Waals surface area contributed by atoms with Crippen LogP contribution in [0.3, 0.4) is 0 Å². The molecule has 1 heterocycles. The summed E-state index contributed by atoms with van der Waals surface area (Å²) < 4.78 is 59.0. The van der Waals surface area contributed by atoms with Crippen LogP contribution in [0.5, 0.6) is 0 Å². The van der Waals surface area contributed by atoms with Gasteiger partial charge in [0.05, 0.1) is 19.8 Å². The average molecular weight is 847 g/mol. The first kappa shape index (κ1) is 54.3. The molecule has 0 amide bonds. The van der Waals surface area contributed by atoms with Gasteiger partial charge in [-0.05, 0) is 70.6 Å². The lowest BCUT2D eigenvalue weighted by molar-refractivity contribution is -0.301. The third kappa shape index (κ3) is 30.4. The molecule has 1 saturated heterocycles. The quantitative estimate of drug-likeness (QED) is 0.0200. The first-order valence-electron chi connectivity index (χ1n) is 22.7. The fourth-order valence-electron chi connectivity index (χ4n) is 6.76. The van der Waals surface area contributed by atoms with E-state index in [1.807, 2.05) is 0 Å². The van der Waals surface area contributed by atoms with Crippen LogP contribution in [0, 0.1) is 0 Å². The highest BCUT2D eigenvalue weighted by Gasteiger charge is 2.48. The van der Waals surface area contributed by atoms with Gasteiger partial charge in [-0.1, -0.05) is 140 Å². The van der Waals surface area contributed by atoms with Crippen LogP contribution >= 0.6 is 0 Å². The number of esters is 1. The molecule has 0 aromatic heterocycles. The van der Waals surface area contributed by atoms with Crippen LogP contribution in [0.4, 0.5) is 0 Å². The predicted octanol–water partition coefficient (Wildman–Crippen LogP) is 9.41. The Hall–Kier alpha value is -1.68. The van der Waals surface area contributed by atoms with Crippen LogP contribution in [0.1, 0.15) is 181 Å². The fraction of sp³-hybridized carbons (Fsp3) is 0.844. The lowest BCUT2D eigenvalue weighted by Gasteiger charge is -2.41. The summed E-state index contributed by atoms with van der Waals surface area (Å²) in [6.07, 6.45) is 33.1. The summed E-state index contributed by atoms with van der Waals surface area (Å²) in [4.78, 5) is 12.8. The summed E-state index contributed by atoms with van der Waals surface area (Å²) in [7, 11) is -5.06. The molecule has 0 bridgehead atoms. The van der Waals surface area contributed by atoms with Crippen molar-refractivity contribution in [1.29, 1.82) is 0 Å². The highest BCUT2D eigenvalue weighted by atomic mass is 32.3. The van der Waals surface area contributed by atoms with Gasteiger partial charge in [0.25, 0.3) is 0 Å². The van der Waals surface area contributed by atoms with Crippen molar-refractivity contribution >= 4 is 16.4 Å². The molecule has 58 heavy (non-hydrogen) atoms. The van der Waals surface area contributed by atoms with Crippen molar-refractivity contribution < 1.29 is 56.2 Å². The molecule has 0 radical (unpaired) electrons. The van der Waals surface area contributed by atoms with E-state index >= 15 is 0 Å². The fourth-order valence-corrected chi connectivity index (χ4v) is 7.26. The Morgan fingerprint density at radius 2 is 1.14 bits per heavy atom. The minimum atomic E-state index is -5.06. The Labute approximate surface area is 352 Å². The number of unbranched alkanes of at least 4 members (excludes halogenated alkanes) is 20. The monoisotopic (exact) mass is 847 g/mol. The minimum Gasteiger partial charge on any atom is -0.457 e. The van der Waals surface area contributed by atoms with Crippen molar-refractivity contribution in [2.45, 2.75) is 218 Å². The van der Waals surface area contributed by atoms with Gasteiger partial charge in [0, 0.05) is 13.0 Å². The molecule has 340 valence electrons. The smallest absolute Gasteiger partial charge is 0.397 e. The maximum atomic E-state index is 12.8. The Morgan fingerprint density at radius 3 is 1.69 bits per heavy atom. The maximum absolute atomic E-state index is 12.8. The molecule has 0 aromatic rings. The number of carbonyl (C=O) groups is 1. The Kier molecular flexibility index (Phi) is 34.8. The second-order valence-corrected chi connectivity index (χ2v) is 16.7. The second kappa shape index (κ2) is 37.1. The van der Waals surface area contributed by atoms with E-state index in [4.69, 9.17) is 23.5 Å². The summed E-state index contributed by atoms with van der Waals surface area (Å²) in [5.74, 6) is -0.412. The van der Waals surface area contributed by atoms with Crippen LogP contribution in [0.15, 0.2) is 36.5 Å². The number of allylic oxidation sites excluding steroid dienone is 6. The minimum absolute atomic E-state index is 0.0260. The van der Waals surface area contributed by atoms with Crippen LogP contribution in [-0.4, -0.2) is 97.5 Å². The Bertz CT molecular complexity index is 1160. The van der Waals surface area contributed by atoms with E-state index in [0.29, 0.717) is 13.0 Å². The van der Waals surface area contributed by atoms with E-state index in [9.17, 15) is 28.5 Å². The molecule has 0 aliphatic carbocycles. The number of ether oxygens (including phenoxy) is 4. The number of aliphatic hydroxyl groups excluding tert-OH is 3. The summed E-state index contributed by atoms with van der Waals surface area (Å²) >= 11 is 0. The van der Waals surface area contributed by atoms with Gasteiger partial charge >= 0.3 is 16.4 Å². The normalized spacial score (nSPS) is 20.8. The van der Waals surface area contributed by atoms with E-state index in [1.165, 1.54) is 77.0 Å². The zero-order valence-electron chi connectivity index (χ0n) is 36.1. The van der Waals surface area contributed by atoms with Gasteiger partial charge in [-0.3, -0.25) is 9.35 Å². The van der Waals surface area contributed by atoms with Gasteiger partial charge < -0.3 is 34.3 Å². The molecule has 1 aliphatic rings. The molecular formula is C45H82O12S. The number of aliphatic hydroxyl groups is 3. The molecular weight excluding hydrogens is 765 g/mol. The van der Waals surface area contributed by atoms with Gasteiger partial charge in [0.2, 0.25) is 0 Å². The van der Waals surface area contributed by atoms with E-state index in [-0.39, 0.29) is 19.6 Å². The first-order valence-corrected chi connectivity index (χ1v) is 24.1. The Morgan fingerprint density at radius 1 is 0.655 bits per heavy atom. The number of rotatable bonds is 39. The molecule has 6 atom stereocenters. The van der Waals surface area contributed by atoms with Crippen molar-refractivity contribution in [3.8, 4) is 0 Å². The highest BCUT2D eigenvalue weighted by Crippen LogP contribution is 2.26.